The van der Waals surface area contributed by atoms with Gasteiger partial charge in [-0.2, -0.15) is 0 Å². The van der Waals surface area contributed by atoms with Crippen LogP contribution in [-0.2, 0) is 14.3 Å². The van der Waals surface area contributed by atoms with Gasteiger partial charge in [-0.3, -0.25) is 4.79 Å². The summed E-state index contributed by atoms with van der Waals surface area (Å²) < 4.78 is 9.59. The molecule has 0 spiro atoms. The molecule has 1 aromatic carbocycles. The fourth-order valence-corrected chi connectivity index (χ4v) is 1.39. The molecule has 0 aliphatic carbocycles. The predicted molar refractivity (Wildman–Crippen MR) is 71.0 cm³/mol. The van der Waals surface area contributed by atoms with E-state index in [1.54, 1.807) is 0 Å². The van der Waals surface area contributed by atoms with Crippen molar-refractivity contribution in [3.63, 3.8) is 0 Å². The number of rotatable bonds is 6. The quantitative estimate of drug-likeness (QED) is 0.459. The first-order valence-corrected chi connectivity index (χ1v) is 5.90. The second-order valence-electron chi connectivity index (χ2n) is 3.66. The van der Waals surface area contributed by atoms with Gasteiger partial charge in [0, 0.05) is 13.7 Å². The standard InChI is InChI=1S/C12H15ClN2O4/c1-18-5-4-15-11(16)7-19-12(17)8-2-3-10(14)9(13)6-8/h2-3,6H,4-5,7,14H2,1H3,(H,15,16). The SMILES string of the molecule is COCCNC(=O)COC(=O)c1ccc(N)c(Cl)c1. The average molecular weight is 287 g/mol. The predicted octanol–water partition coefficient (Wildman–Crippen LogP) is 0.842. The van der Waals surface area contributed by atoms with Crippen molar-refractivity contribution in [3.8, 4) is 0 Å². The van der Waals surface area contributed by atoms with Gasteiger partial charge in [0.05, 0.1) is 22.9 Å². The number of ether oxygens (including phenoxy) is 2. The molecule has 0 aliphatic rings. The molecule has 1 rings (SSSR count). The van der Waals surface area contributed by atoms with E-state index in [-0.39, 0.29) is 17.2 Å². The number of carbonyl (C=O) groups is 2. The maximum Gasteiger partial charge on any atom is 0.338 e. The summed E-state index contributed by atoms with van der Waals surface area (Å²) in [4.78, 5) is 22.9. The highest BCUT2D eigenvalue weighted by atomic mass is 35.5. The van der Waals surface area contributed by atoms with Crippen LogP contribution in [0.25, 0.3) is 0 Å². The molecule has 0 aromatic heterocycles. The maximum absolute atomic E-state index is 11.6. The Morgan fingerprint density at radius 3 is 2.79 bits per heavy atom. The van der Waals surface area contributed by atoms with E-state index in [1.165, 1.54) is 25.3 Å². The van der Waals surface area contributed by atoms with Crippen LogP contribution < -0.4 is 11.1 Å². The van der Waals surface area contributed by atoms with E-state index in [9.17, 15) is 9.59 Å². The zero-order valence-electron chi connectivity index (χ0n) is 10.4. The van der Waals surface area contributed by atoms with Gasteiger partial charge in [0.1, 0.15) is 0 Å². The van der Waals surface area contributed by atoms with Crippen LogP contribution in [0, 0.1) is 0 Å². The van der Waals surface area contributed by atoms with Gasteiger partial charge in [0.25, 0.3) is 5.91 Å². The highest BCUT2D eigenvalue weighted by molar-refractivity contribution is 6.33. The minimum atomic E-state index is -0.635. The average Bonchev–Trinajstić information content (AvgIpc) is 2.39. The third kappa shape index (κ3) is 5.15. The van der Waals surface area contributed by atoms with Crippen LogP contribution in [-0.4, -0.2) is 38.7 Å². The highest BCUT2D eigenvalue weighted by Gasteiger charge is 2.11. The summed E-state index contributed by atoms with van der Waals surface area (Å²) in [6, 6.07) is 4.37. The van der Waals surface area contributed by atoms with Gasteiger partial charge in [-0.1, -0.05) is 11.6 Å². The molecular formula is C12H15ClN2O4. The van der Waals surface area contributed by atoms with Crippen LogP contribution >= 0.6 is 11.6 Å². The Kier molecular flexibility index (Phi) is 6.11. The number of benzene rings is 1. The van der Waals surface area contributed by atoms with Crippen molar-refractivity contribution in [1.82, 2.24) is 5.32 Å². The lowest BCUT2D eigenvalue weighted by molar-refractivity contribution is -0.124. The zero-order valence-corrected chi connectivity index (χ0v) is 11.2. The van der Waals surface area contributed by atoms with Crippen molar-refractivity contribution in [3.05, 3.63) is 28.8 Å². The normalized spacial score (nSPS) is 10.0. The minimum Gasteiger partial charge on any atom is -0.452 e. The molecule has 0 aliphatic heterocycles. The number of nitrogen functional groups attached to an aromatic ring is 1. The molecule has 0 atom stereocenters. The lowest BCUT2D eigenvalue weighted by Crippen LogP contribution is -2.31. The number of methoxy groups -OCH3 is 1. The molecule has 0 fully saturated rings. The van der Waals surface area contributed by atoms with Crippen molar-refractivity contribution in [2.75, 3.05) is 32.6 Å². The molecule has 1 amide bonds. The Labute approximate surface area is 115 Å². The minimum absolute atomic E-state index is 0.240. The molecule has 19 heavy (non-hydrogen) atoms. The molecule has 0 radical (unpaired) electrons. The van der Waals surface area contributed by atoms with E-state index in [4.69, 9.17) is 26.8 Å². The smallest absolute Gasteiger partial charge is 0.338 e. The van der Waals surface area contributed by atoms with E-state index >= 15 is 0 Å². The second kappa shape index (κ2) is 7.60. The highest BCUT2D eigenvalue weighted by Crippen LogP contribution is 2.19. The molecule has 6 nitrogen and oxygen atoms in total. The van der Waals surface area contributed by atoms with E-state index in [1.807, 2.05) is 0 Å². The number of nitrogens with one attached hydrogen (secondary N) is 1. The number of carbonyl (C=O) groups excluding carboxylic acids is 2. The van der Waals surface area contributed by atoms with Gasteiger partial charge < -0.3 is 20.5 Å². The summed E-state index contributed by atoms with van der Waals surface area (Å²) in [5, 5.41) is 2.79. The summed E-state index contributed by atoms with van der Waals surface area (Å²) in [7, 11) is 1.52. The Morgan fingerprint density at radius 2 is 2.16 bits per heavy atom. The molecule has 0 heterocycles. The fourth-order valence-electron chi connectivity index (χ4n) is 1.21. The number of halogens is 1. The molecule has 0 bridgehead atoms. The third-order valence-electron chi connectivity index (χ3n) is 2.20. The Morgan fingerprint density at radius 1 is 1.42 bits per heavy atom. The molecule has 1 aromatic rings. The third-order valence-corrected chi connectivity index (χ3v) is 2.53. The Balaban J connectivity index is 2.42. The van der Waals surface area contributed by atoms with Crippen LogP contribution in [0.4, 0.5) is 5.69 Å². The molecule has 0 saturated heterocycles. The Bertz CT molecular complexity index is 465. The summed E-state index contributed by atoms with van der Waals surface area (Å²) in [5.74, 6) is -1.03. The van der Waals surface area contributed by atoms with Gasteiger partial charge in [-0.15, -0.1) is 0 Å². The van der Waals surface area contributed by atoms with Crippen molar-refractivity contribution < 1.29 is 19.1 Å². The van der Waals surface area contributed by atoms with Crippen molar-refractivity contribution in [2.24, 2.45) is 0 Å². The van der Waals surface area contributed by atoms with Crippen molar-refractivity contribution in [1.29, 1.82) is 0 Å². The number of hydrogen-bond donors (Lipinski definition) is 2. The summed E-state index contributed by atoms with van der Waals surface area (Å²) in [6.07, 6.45) is 0. The van der Waals surface area contributed by atoms with Gasteiger partial charge in [-0.25, -0.2) is 4.79 Å². The number of esters is 1. The monoisotopic (exact) mass is 286 g/mol. The number of hydrogen-bond acceptors (Lipinski definition) is 5. The first kappa shape index (κ1) is 15.3. The van der Waals surface area contributed by atoms with E-state index in [2.05, 4.69) is 5.32 Å². The Hall–Kier alpha value is -1.79. The number of nitrogens with two attached hydrogens (primary N) is 1. The fraction of sp³-hybridized carbons (Fsp3) is 0.333. The van der Waals surface area contributed by atoms with Gasteiger partial charge >= 0.3 is 5.97 Å². The van der Waals surface area contributed by atoms with E-state index in [0.29, 0.717) is 18.8 Å². The summed E-state index contributed by atoms with van der Waals surface area (Å²) in [5.41, 5.74) is 6.13. The summed E-state index contributed by atoms with van der Waals surface area (Å²) in [6.45, 7) is 0.401. The van der Waals surface area contributed by atoms with E-state index < -0.39 is 11.9 Å². The molecule has 104 valence electrons. The maximum atomic E-state index is 11.6. The van der Waals surface area contributed by atoms with Crippen molar-refractivity contribution >= 4 is 29.2 Å². The van der Waals surface area contributed by atoms with Crippen LogP contribution in [0.1, 0.15) is 10.4 Å². The molecule has 0 unspecified atom stereocenters. The van der Waals surface area contributed by atoms with Gasteiger partial charge in [0.2, 0.25) is 0 Å². The molecule has 7 heteroatoms. The summed E-state index contributed by atoms with van der Waals surface area (Å²) >= 11 is 5.78. The molecule has 3 N–H and O–H groups in total. The lowest BCUT2D eigenvalue weighted by atomic mass is 10.2. The first-order chi connectivity index (χ1) is 9.04. The van der Waals surface area contributed by atoms with Gasteiger partial charge in [-0.05, 0) is 18.2 Å². The van der Waals surface area contributed by atoms with Crippen LogP contribution in [0.2, 0.25) is 5.02 Å². The molecule has 0 saturated carbocycles. The van der Waals surface area contributed by atoms with Crippen LogP contribution in [0.5, 0.6) is 0 Å². The number of amides is 1. The van der Waals surface area contributed by atoms with Gasteiger partial charge in [0.15, 0.2) is 6.61 Å². The second-order valence-corrected chi connectivity index (χ2v) is 4.06. The van der Waals surface area contributed by atoms with Crippen molar-refractivity contribution in [2.45, 2.75) is 0 Å². The van der Waals surface area contributed by atoms with Crippen LogP contribution in [0.15, 0.2) is 18.2 Å². The first-order valence-electron chi connectivity index (χ1n) is 5.52. The molecular weight excluding hydrogens is 272 g/mol. The zero-order chi connectivity index (χ0) is 14.3. The lowest BCUT2D eigenvalue weighted by Gasteiger charge is -2.07. The topological polar surface area (TPSA) is 90.6 Å². The van der Waals surface area contributed by atoms with E-state index in [0.717, 1.165) is 0 Å². The van der Waals surface area contributed by atoms with Crippen LogP contribution in [0.3, 0.4) is 0 Å². The number of anilines is 1. The largest absolute Gasteiger partial charge is 0.452 e.